The van der Waals surface area contributed by atoms with Crippen LogP contribution in [-0.2, 0) is 0 Å². The maximum Gasteiger partial charge on any atom is 0.161 e. The minimum Gasteiger partial charge on any atom is -0.493 e. The van der Waals surface area contributed by atoms with Crippen molar-refractivity contribution in [3.05, 3.63) is 58.6 Å². The van der Waals surface area contributed by atoms with Gasteiger partial charge < -0.3 is 15.2 Å². The molecule has 0 spiro atoms. The molecule has 0 aliphatic heterocycles. The van der Waals surface area contributed by atoms with Gasteiger partial charge in [-0.15, -0.1) is 0 Å². The molecule has 0 fully saturated rings. The van der Waals surface area contributed by atoms with E-state index >= 15 is 0 Å². The summed E-state index contributed by atoms with van der Waals surface area (Å²) in [6.07, 6.45) is 0.871. The summed E-state index contributed by atoms with van der Waals surface area (Å²) in [5.74, 6) is 1.82. The summed E-state index contributed by atoms with van der Waals surface area (Å²) in [6.45, 7) is 1.22. The summed E-state index contributed by atoms with van der Waals surface area (Å²) >= 11 is 3.45. The molecule has 2 N–H and O–H groups in total. The first kappa shape index (κ1) is 15.9. The smallest absolute Gasteiger partial charge is 0.161 e. The second kappa shape index (κ2) is 8.05. The molecule has 0 aliphatic carbocycles. The molecule has 0 saturated carbocycles. The lowest BCUT2D eigenvalue weighted by Crippen LogP contribution is -2.15. The van der Waals surface area contributed by atoms with E-state index in [0.717, 1.165) is 22.4 Å². The van der Waals surface area contributed by atoms with Crippen molar-refractivity contribution in [3.8, 4) is 11.5 Å². The van der Waals surface area contributed by atoms with Crippen LogP contribution >= 0.6 is 15.9 Å². The summed E-state index contributed by atoms with van der Waals surface area (Å²) in [5, 5.41) is 0. The van der Waals surface area contributed by atoms with Crippen LogP contribution in [0.5, 0.6) is 11.5 Å². The number of hydrogen-bond acceptors (Lipinski definition) is 3. The van der Waals surface area contributed by atoms with E-state index in [0.29, 0.717) is 19.1 Å². The SMILES string of the molecule is COc1ccccc1OCCC(CN)c1ccc(Br)cc1. The van der Waals surface area contributed by atoms with Crippen LogP contribution in [0.4, 0.5) is 0 Å². The van der Waals surface area contributed by atoms with Crippen LogP contribution in [0.25, 0.3) is 0 Å². The van der Waals surface area contributed by atoms with Gasteiger partial charge in [-0.3, -0.25) is 0 Å². The fraction of sp³-hybridized carbons (Fsp3) is 0.294. The van der Waals surface area contributed by atoms with Gasteiger partial charge in [-0.1, -0.05) is 40.2 Å². The predicted octanol–water partition coefficient (Wildman–Crippen LogP) is 3.97. The number of para-hydroxylation sites is 2. The average Bonchev–Trinajstić information content (AvgIpc) is 2.53. The highest BCUT2D eigenvalue weighted by Crippen LogP contribution is 2.27. The number of hydrogen-bond donors (Lipinski definition) is 1. The number of nitrogens with two attached hydrogens (primary N) is 1. The predicted molar refractivity (Wildman–Crippen MR) is 89.0 cm³/mol. The molecule has 0 radical (unpaired) electrons. The summed E-state index contributed by atoms with van der Waals surface area (Å²) in [4.78, 5) is 0. The van der Waals surface area contributed by atoms with Crippen molar-refractivity contribution < 1.29 is 9.47 Å². The molecule has 112 valence electrons. The van der Waals surface area contributed by atoms with Gasteiger partial charge >= 0.3 is 0 Å². The van der Waals surface area contributed by atoms with Crippen LogP contribution in [0.1, 0.15) is 17.9 Å². The van der Waals surface area contributed by atoms with E-state index in [-0.39, 0.29) is 0 Å². The topological polar surface area (TPSA) is 44.5 Å². The number of rotatable bonds is 7. The van der Waals surface area contributed by atoms with Gasteiger partial charge in [-0.05, 0) is 48.7 Å². The fourth-order valence-corrected chi connectivity index (χ4v) is 2.47. The van der Waals surface area contributed by atoms with E-state index < -0.39 is 0 Å². The molecule has 2 aromatic rings. The van der Waals surface area contributed by atoms with Crippen molar-refractivity contribution in [1.82, 2.24) is 0 Å². The largest absolute Gasteiger partial charge is 0.493 e. The molecular weight excluding hydrogens is 330 g/mol. The second-order valence-corrected chi connectivity index (χ2v) is 5.69. The molecule has 2 rings (SSSR count). The number of ether oxygens (including phenoxy) is 2. The minimum absolute atomic E-state index is 0.299. The molecule has 4 heteroatoms. The van der Waals surface area contributed by atoms with Crippen LogP contribution in [0.3, 0.4) is 0 Å². The Kier molecular flexibility index (Phi) is 6.08. The van der Waals surface area contributed by atoms with Crippen molar-refractivity contribution in [1.29, 1.82) is 0 Å². The van der Waals surface area contributed by atoms with E-state index in [9.17, 15) is 0 Å². The van der Waals surface area contributed by atoms with Crippen LogP contribution in [0, 0.1) is 0 Å². The molecular formula is C17H20BrNO2. The summed E-state index contributed by atoms with van der Waals surface area (Å²) in [6, 6.07) is 16.0. The van der Waals surface area contributed by atoms with Gasteiger partial charge in [0, 0.05) is 4.47 Å². The molecule has 1 unspecified atom stereocenters. The second-order valence-electron chi connectivity index (χ2n) is 4.77. The zero-order valence-electron chi connectivity index (χ0n) is 12.1. The first-order valence-electron chi connectivity index (χ1n) is 6.96. The van der Waals surface area contributed by atoms with E-state index in [1.807, 2.05) is 36.4 Å². The minimum atomic E-state index is 0.299. The molecule has 0 heterocycles. The van der Waals surface area contributed by atoms with Gasteiger partial charge in [0.2, 0.25) is 0 Å². The molecule has 21 heavy (non-hydrogen) atoms. The van der Waals surface area contributed by atoms with Crippen molar-refractivity contribution >= 4 is 15.9 Å². The van der Waals surface area contributed by atoms with E-state index in [1.165, 1.54) is 5.56 Å². The van der Waals surface area contributed by atoms with Crippen LogP contribution in [0.15, 0.2) is 53.0 Å². The molecule has 0 aliphatic rings. The third-order valence-corrected chi connectivity index (χ3v) is 3.95. The van der Waals surface area contributed by atoms with Crippen LogP contribution in [-0.4, -0.2) is 20.3 Å². The van der Waals surface area contributed by atoms with Gasteiger partial charge in [-0.2, -0.15) is 0 Å². The summed E-state index contributed by atoms with van der Waals surface area (Å²) in [5.41, 5.74) is 7.13. The summed E-state index contributed by atoms with van der Waals surface area (Å²) in [7, 11) is 1.65. The van der Waals surface area contributed by atoms with Crippen molar-refractivity contribution in [2.24, 2.45) is 5.73 Å². The quantitative estimate of drug-likeness (QED) is 0.822. The maximum absolute atomic E-state index is 5.89. The van der Waals surface area contributed by atoms with Crippen molar-refractivity contribution in [2.75, 3.05) is 20.3 Å². The molecule has 3 nitrogen and oxygen atoms in total. The molecule has 0 saturated heterocycles. The Morgan fingerprint density at radius 1 is 1.05 bits per heavy atom. The number of methoxy groups -OCH3 is 1. The molecule has 2 aromatic carbocycles. The van der Waals surface area contributed by atoms with Crippen LogP contribution < -0.4 is 15.2 Å². The third kappa shape index (κ3) is 4.48. The van der Waals surface area contributed by atoms with Gasteiger partial charge in [-0.25, -0.2) is 0 Å². The highest BCUT2D eigenvalue weighted by Gasteiger charge is 2.10. The number of benzene rings is 2. The lowest BCUT2D eigenvalue weighted by atomic mass is 9.96. The zero-order chi connectivity index (χ0) is 15.1. The fourth-order valence-electron chi connectivity index (χ4n) is 2.20. The third-order valence-electron chi connectivity index (χ3n) is 3.42. The Morgan fingerprint density at radius 3 is 2.33 bits per heavy atom. The zero-order valence-corrected chi connectivity index (χ0v) is 13.7. The van der Waals surface area contributed by atoms with Gasteiger partial charge in [0.15, 0.2) is 11.5 Å². The Hall–Kier alpha value is -1.52. The van der Waals surface area contributed by atoms with E-state index in [2.05, 4.69) is 28.1 Å². The Labute approximate surface area is 134 Å². The number of halogens is 1. The van der Waals surface area contributed by atoms with Gasteiger partial charge in [0.05, 0.1) is 13.7 Å². The summed E-state index contributed by atoms with van der Waals surface area (Å²) < 4.78 is 12.2. The lowest BCUT2D eigenvalue weighted by molar-refractivity contribution is 0.280. The first-order chi connectivity index (χ1) is 10.2. The average molecular weight is 350 g/mol. The highest BCUT2D eigenvalue weighted by atomic mass is 79.9. The molecule has 0 aromatic heterocycles. The Balaban J connectivity index is 1.93. The normalized spacial score (nSPS) is 12.0. The van der Waals surface area contributed by atoms with Gasteiger partial charge in [0.25, 0.3) is 0 Å². The molecule has 1 atom stereocenters. The highest BCUT2D eigenvalue weighted by molar-refractivity contribution is 9.10. The maximum atomic E-state index is 5.89. The van der Waals surface area contributed by atoms with Crippen LogP contribution in [0.2, 0.25) is 0 Å². The lowest BCUT2D eigenvalue weighted by Gasteiger charge is -2.16. The van der Waals surface area contributed by atoms with Gasteiger partial charge in [0.1, 0.15) is 0 Å². The molecule has 0 amide bonds. The van der Waals surface area contributed by atoms with Crippen molar-refractivity contribution in [3.63, 3.8) is 0 Å². The molecule has 0 bridgehead atoms. The Morgan fingerprint density at radius 2 is 1.71 bits per heavy atom. The standard InChI is InChI=1S/C17H20BrNO2/c1-20-16-4-2-3-5-17(16)21-11-10-14(12-19)13-6-8-15(18)9-7-13/h2-9,14H,10-12,19H2,1H3. The van der Waals surface area contributed by atoms with Crippen molar-refractivity contribution in [2.45, 2.75) is 12.3 Å². The first-order valence-corrected chi connectivity index (χ1v) is 7.75. The Bertz CT molecular complexity index is 557. The van der Waals surface area contributed by atoms with E-state index in [1.54, 1.807) is 7.11 Å². The monoisotopic (exact) mass is 349 g/mol. The van der Waals surface area contributed by atoms with E-state index in [4.69, 9.17) is 15.2 Å².